The summed E-state index contributed by atoms with van der Waals surface area (Å²) in [6, 6.07) is 2.77. The van der Waals surface area contributed by atoms with Gasteiger partial charge in [0.15, 0.2) is 0 Å². The normalized spacial score (nSPS) is 17.3. The van der Waals surface area contributed by atoms with Crippen LogP contribution >= 0.6 is 15.9 Å². The number of benzene rings is 1. The van der Waals surface area contributed by atoms with Gasteiger partial charge < -0.3 is 25.3 Å². The topological polar surface area (TPSA) is 160 Å². The zero-order valence-corrected chi connectivity index (χ0v) is 19.7. The smallest absolute Gasteiger partial charge is 0.414 e. The molecule has 0 aliphatic carbocycles. The zero-order valence-electron chi connectivity index (χ0n) is 18.1. The molecule has 14 heteroatoms. The second-order valence-corrected chi connectivity index (χ2v) is 8.17. The van der Waals surface area contributed by atoms with Gasteiger partial charge in [0, 0.05) is 28.0 Å². The molecule has 3 unspecified atom stereocenters. The lowest BCUT2D eigenvalue weighted by molar-refractivity contribution is -0.389. The summed E-state index contributed by atoms with van der Waals surface area (Å²) in [6.07, 6.45) is -0.554. The molecule has 2 heterocycles. The van der Waals surface area contributed by atoms with Crippen LogP contribution in [0.25, 0.3) is 0 Å². The summed E-state index contributed by atoms with van der Waals surface area (Å²) in [5.41, 5.74) is 5.85. The number of hydrogen-bond donors (Lipinski definition) is 1. The van der Waals surface area contributed by atoms with E-state index in [0.717, 1.165) is 17.2 Å². The number of carbonyl (C=O) groups excluding carboxylic acids is 3. The number of carbonyl (C=O) groups is 3. The Labute approximate surface area is 201 Å². The van der Waals surface area contributed by atoms with Gasteiger partial charge in [0.05, 0.1) is 18.8 Å². The highest BCUT2D eigenvalue weighted by Crippen LogP contribution is 2.30. The summed E-state index contributed by atoms with van der Waals surface area (Å²) in [6.45, 7) is 2.66. The SMILES string of the molecule is CCOC(=O)C(Cn1cc([N+](=O)[O-])nc1Br)c1ccc(N2CC(C(N)C(C)=O)OC2=O)cc1F. The molecule has 0 saturated carbocycles. The fourth-order valence-corrected chi connectivity index (χ4v) is 3.88. The number of halogens is 2. The van der Waals surface area contributed by atoms with Crippen molar-refractivity contribution in [2.45, 2.75) is 38.5 Å². The highest BCUT2D eigenvalue weighted by molar-refractivity contribution is 9.10. The van der Waals surface area contributed by atoms with Gasteiger partial charge in [-0.05, 0) is 35.9 Å². The van der Waals surface area contributed by atoms with Crippen molar-refractivity contribution < 1.29 is 33.2 Å². The number of esters is 1. The van der Waals surface area contributed by atoms with Crippen LogP contribution in [-0.2, 0) is 25.6 Å². The highest BCUT2D eigenvalue weighted by Gasteiger charge is 2.38. The van der Waals surface area contributed by atoms with Crippen molar-refractivity contribution in [3.63, 3.8) is 0 Å². The summed E-state index contributed by atoms with van der Waals surface area (Å²) in [5, 5.41) is 11.0. The lowest BCUT2D eigenvalue weighted by Gasteiger charge is -2.19. The molecule has 1 amide bonds. The number of ether oxygens (including phenoxy) is 2. The third-order valence-corrected chi connectivity index (χ3v) is 5.86. The Morgan fingerprint density at radius 2 is 2.18 bits per heavy atom. The number of nitrogens with zero attached hydrogens (tertiary/aromatic N) is 4. The Hall–Kier alpha value is -3.39. The Morgan fingerprint density at radius 1 is 1.47 bits per heavy atom. The summed E-state index contributed by atoms with van der Waals surface area (Å²) in [5.74, 6) is -3.53. The fraction of sp³-hybridized carbons (Fsp3) is 0.400. The quantitative estimate of drug-likeness (QED) is 0.285. The predicted molar refractivity (Wildman–Crippen MR) is 119 cm³/mol. The van der Waals surface area contributed by atoms with E-state index in [-0.39, 0.29) is 41.5 Å². The molecular weight excluding hydrogens is 521 g/mol. The van der Waals surface area contributed by atoms with Crippen LogP contribution in [0.2, 0.25) is 0 Å². The third kappa shape index (κ3) is 5.22. The van der Waals surface area contributed by atoms with Gasteiger partial charge in [-0.3, -0.25) is 19.1 Å². The number of imidazole rings is 1. The highest BCUT2D eigenvalue weighted by atomic mass is 79.9. The number of nitrogens with two attached hydrogens (primary N) is 1. The molecule has 2 N–H and O–H groups in total. The van der Waals surface area contributed by atoms with Crippen molar-refractivity contribution in [1.82, 2.24) is 9.55 Å². The Morgan fingerprint density at radius 3 is 2.74 bits per heavy atom. The number of Topliss-reactive ketones (excluding diaryl/α,β-unsaturated/α-hetero) is 1. The van der Waals surface area contributed by atoms with Gasteiger partial charge in [-0.15, -0.1) is 0 Å². The number of nitro groups is 1. The van der Waals surface area contributed by atoms with Crippen LogP contribution in [0.5, 0.6) is 0 Å². The Balaban J connectivity index is 1.90. The Bertz CT molecular complexity index is 1140. The molecule has 1 aliphatic rings. The maximum absolute atomic E-state index is 15.2. The summed E-state index contributed by atoms with van der Waals surface area (Å²) in [4.78, 5) is 51.5. The van der Waals surface area contributed by atoms with Crippen LogP contribution in [0.1, 0.15) is 25.3 Å². The molecular formula is C20H21BrFN5O7. The summed E-state index contributed by atoms with van der Waals surface area (Å²) >= 11 is 3.09. The number of amides is 1. The van der Waals surface area contributed by atoms with E-state index in [1.807, 2.05) is 0 Å². The first-order valence-corrected chi connectivity index (χ1v) is 10.9. The van der Waals surface area contributed by atoms with Crippen molar-refractivity contribution in [3.8, 4) is 0 Å². The average molecular weight is 542 g/mol. The van der Waals surface area contributed by atoms with Crippen LogP contribution in [0.4, 0.5) is 20.7 Å². The number of rotatable bonds is 9. The first-order valence-electron chi connectivity index (χ1n) is 10.1. The second kappa shape index (κ2) is 10.3. The van der Waals surface area contributed by atoms with Gasteiger partial charge in [0.2, 0.25) is 0 Å². The maximum Gasteiger partial charge on any atom is 0.414 e. The van der Waals surface area contributed by atoms with Gasteiger partial charge in [0.1, 0.15) is 35.9 Å². The summed E-state index contributed by atoms with van der Waals surface area (Å²) < 4.78 is 26.8. The van der Waals surface area contributed by atoms with Gasteiger partial charge in [-0.25, -0.2) is 9.18 Å². The molecule has 1 aliphatic heterocycles. The first-order chi connectivity index (χ1) is 16.0. The number of ketones is 1. The molecule has 182 valence electrons. The largest absolute Gasteiger partial charge is 0.465 e. The predicted octanol–water partition coefficient (Wildman–Crippen LogP) is 2.28. The van der Waals surface area contributed by atoms with Gasteiger partial charge >= 0.3 is 17.9 Å². The van der Waals surface area contributed by atoms with Crippen LogP contribution in [0, 0.1) is 15.9 Å². The molecule has 2 aromatic rings. The molecule has 12 nitrogen and oxygen atoms in total. The molecule has 1 aromatic carbocycles. The van der Waals surface area contributed by atoms with E-state index in [9.17, 15) is 24.5 Å². The van der Waals surface area contributed by atoms with Crippen molar-refractivity contribution in [2.24, 2.45) is 5.73 Å². The number of aromatic nitrogens is 2. The minimum atomic E-state index is -1.16. The molecule has 0 radical (unpaired) electrons. The number of cyclic esters (lactones) is 1. The molecule has 34 heavy (non-hydrogen) atoms. The molecule has 1 saturated heterocycles. The lowest BCUT2D eigenvalue weighted by atomic mass is 9.97. The molecule has 3 atom stereocenters. The number of hydrogen-bond acceptors (Lipinski definition) is 9. The van der Waals surface area contributed by atoms with Crippen molar-refractivity contribution in [2.75, 3.05) is 18.1 Å². The molecule has 1 fully saturated rings. The van der Waals surface area contributed by atoms with Gasteiger partial charge in [-0.1, -0.05) is 6.07 Å². The van der Waals surface area contributed by atoms with Crippen LogP contribution in [0.3, 0.4) is 0 Å². The van der Waals surface area contributed by atoms with Crippen molar-refractivity contribution >= 4 is 45.3 Å². The minimum absolute atomic E-state index is 0.0394. The average Bonchev–Trinajstić information content (AvgIpc) is 3.34. The van der Waals surface area contributed by atoms with Gasteiger partial charge in [-0.2, -0.15) is 0 Å². The minimum Gasteiger partial charge on any atom is -0.465 e. The number of anilines is 1. The molecule has 3 rings (SSSR count). The van der Waals surface area contributed by atoms with Crippen LogP contribution in [-0.4, -0.2) is 57.6 Å². The molecule has 0 spiro atoms. The zero-order chi connectivity index (χ0) is 25.2. The monoisotopic (exact) mass is 541 g/mol. The van der Waals surface area contributed by atoms with E-state index in [1.165, 1.54) is 23.6 Å². The maximum atomic E-state index is 15.2. The summed E-state index contributed by atoms with van der Waals surface area (Å²) in [7, 11) is 0. The van der Waals surface area contributed by atoms with E-state index < -0.39 is 46.7 Å². The van der Waals surface area contributed by atoms with E-state index in [2.05, 4.69) is 20.9 Å². The van der Waals surface area contributed by atoms with Crippen molar-refractivity contribution in [1.29, 1.82) is 0 Å². The fourth-order valence-electron chi connectivity index (χ4n) is 3.45. The van der Waals surface area contributed by atoms with E-state index in [0.29, 0.717) is 0 Å². The lowest BCUT2D eigenvalue weighted by Crippen LogP contribution is -2.43. The van der Waals surface area contributed by atoms with Crippen molar-refractivity contribution in [3.05, 3.63) is 50.6 Å². The molecule has 0 bridgehead atoms. The van der Waals surface area contributed by atoms with Gasteiger partial charge in [0.25, 0.3) is 4.73 Å². The second-order valence-electron chi connectivity index (χ2n) is 7.46. The first kappa shape index (κ1) is 25.2. The van der Waals surface area contributed by atoms with E-state index in [4.69, 9.17) is 15.2 Å². The molecule has 1 aromatic heterocycles. The Kier molecular flexibility index (Phi) is 7.61. The van der Waals surface area contributed by atoms with Crippen LogP contribution < -0.4 is 10.6 Å². The van der Waals surface area contributed by atoms with E-state index >= 15 is 4.39 Å². The third-order valence-electron chi connectivity index (χ3n) is 5.23. The van der Waals surface area contributed by atoms with E-state index in [1.54, 1.807) is 6.92 Å². The van der Waals surface area contributed by atoms with Crippen LogP contribution in [0.15, 0.2) is 29.1 Å². The standard InChI is InChI=1S/C20H21BrFN5O7/c1-3-33-18(29)13(7-25-9-16(27(31)32)24-19(25)21)12-5-4-11(6-14(12)22)26-8-15(34-20(26)30)17(23)10(2)28/h4-6,9,13,15,17H,3,7-8,23H2,1-2H3.